The zero-order valence-electron chi connectivity index (χ0n) is 10.5. The lowest BCUT2D eigenvalue weighted by molar-refractivity contribution is -0.382. The fourth-order valence-corrected chi connectivity index (χ4v) is 2.79. The Morgan fingerprint density at radius 2 is 2.00 bits per heavy atom. The molecule has 0 amide bonds. The number of rotatable bonds is 3. The van der Waals surface area contributed by atoms with Crippen molar-refractivity contribution in [3.8, 4) is 0 Å². The first-order valence-electron chi connectivity index (χ1n) is 5.87. The van der Waals surface area contributed by atoms with Gasteiger partial charge >= 0.3 is 5.69 Å². The molecule has 1 N–H and O–H groups in total. The minimum absolute atomic E-state index is 0.0200. The maximum Gasteiger partial charge on any atom is 0.306 e. The van der Waals surface area contributed by atoms with Gasteiger partial charge in [0.2, 0.25) is 0 Å². The van der Waals surface area contributed by atoms with E-state index >= 15 is 0 Å². The third-order valence-corrected chi connectivity index (χ3v) is 3.71. The molecule has 3 rings (SSSR count). The standard InChI is InChI=1S/C13H10N4O2S/c1-8-14-11-10(17(18)19)7-20-12(11)13(15-8)16-9-5-3-2-4-6-9/h2-7H,1H3,(H,14,15,16). The SMILES string of the molecule is Cc1nc(Nc2ccccc2)c2scc([N+](=O)[O-])c2n1. The Morgan fingerprint density at radius 3 is 2.70 bits per heavy atom. The van der Waals surface area contributed by atoms with Crippen molar-refractivity contribution in [1.29, 1.82) is 0 Å². The quantitative estimate of drug-likeness (QED) is 0.587. The van der Waals surface area contributed by atoms with E-state index in [1.807, 2.05) is 30.3 Å². The van der Waals surface area contributed by atoms with Crippen LogP contribution in [0.4, 0.5) is 17.2 Å². The molecule has 1 aromatic carbocycles. The fourth-order valence-electron chi connectivity index (χ4n) is 1.89. The van der Waals surface area contributed by atoms with E-state index in [0.29, 0.717) is 21.9 Å². The van der Waals surface area contributed by atoms with Crippen LogP contribution in [0, 0.1) is 17.0 Å². The van der Waals surface area contributed by atoms with E-state index in [1.165, 1.54) is 16.7 Å². The molecule has 0 unspecified atom stereocenters. The summed E-state index contributed by atoms with van der Waals surface area (Å²) in [6, 6.07) is 9.55. The van der Waals surface area contributed by atoms with Gasteiger partial charge in [-0.05, 0) is 19.1 Å². The second-order valence-electron chi connectivity index (χ2n) is 4.17. The maximum atomic E-state index is 11.0. The minimum atomic E-state index is -0.419. The summed E-state index contributed by atoms with van der Waals surface area (Å²) in [5.74, 6) is 1.09. The van der Waals surface area contributed by atoms with Crippen LogP contribution in [0.1, 0.15) is 5.82 Å². The van der Waals surface area contributed by atoms with Gasteiger partial charge in [-0.2, -0.15) is 0 Å². The van der Waals surface area contributed by atoms with Crippen LogP contribution in [0.15, 0.2) is 35.7 Å². The molecule has 6 nitrogen and oxygen atoms in total. The number of benzene rings is 1. The Balaban J connectivity index is 2.13. The summed E-state index contributed by atoms with van der Waals surface area (Å²) in [6.45, 7) is 1.72. The third kappa shape index (κ3) is 2.19. The molecular weight excluding hydrogens is 276 g/mol. The van der Waals surface area contributed by atoms with Crippen LogP contribution in [0.25, 0.3) is 10.2 Å². The number of nitrogens with zero attached hydrogens (tertiary/aromatic N) is 3. The van der Waals surface area contributed by atoms with E-state index in [4.69, 9.17) is 0 Å². The van der Waals surface area contributed by atoms with Gasteiger partial charge in [-0.25, -0.2) is 9.97 Å². The predicted molar refractivity (Wildman–Crippen MR) is 78.5 cm³/mol. The zero-order valence-corrected chi connectivity index (χ0v) is 11.3. The number of hydrogen-bond acceptors (Lipinski definition) is 6. The van der Waals surface area contributed by atoms with Crippen LogP contribution >= 0.6 is 11.3 Å². The van der Waals surface area contributed by atoms with E-state index in [0.717, 1.165) is 5.69 Å². The van der Waals surface area contributed by atoms with Gasteiger partial charge in [0.25, 0.3) is 0 Å². The molecule has 0 saturated carbocycles. The molecule has 7 heteroatoms. The van der Waals surface area contributed by atoms with Crippen LogP contribution < -0.4 is 5.32 Å². The minimum Gasteiger partial charge on any atom is -0.339 e. The summed E-state index contributed by atoms with van der Waals surface area (Å²) in [4.78, 5) is 19.1. The predicted octanol–water partition coefficient (Wildman–Crippen LogP) is 3.65. The Bertz CT molecular complexity index is 786. The molecule has 0 aliphatic carbocycles. The molecule has 0 fully saturated rings. The van der Waals surface area contributed by atoms with E-state index in [9.17, 15) is 10.1 Å². The normalized spacial score (nSPS) is 10.7. The first kappa shape index (κ1) is 12.5. The van der Waals surface area contributed by atoms with Gasteiger partial charge in [-0.15, -0.1) is 11.3 Å². The first-order valence-corrected chi connectivity index (χ1v) is 6.75. The van der Waals surface area contributed by atoms with Gasteiger partial charge in [0, 0.05) is 5.69 Å². The largest absolute Gasteiger partial charge is 0.339 e. The summed E-state index contributed by atoms with van der Waals surface area (Å²) >= 11 is 1.27. The molecule has 0 aliphatic heterocycles. The van der Waals surface area contributed by atoms with Crippen molar-refractivity contribution in [3.05, 3.63) is 51.7 Å². The lowest BCUT2D eigenvalue weighted by atomic mass is 10.3. The number of aryl methyl sites for hydroxylation is 1. The smallest absolute Gasteiger partial charge is 0.306 e. The van der Waals surface area contributed by atoms with Crippen molar-refractivity contribution >= 4 is 38.7 Å². The first-order chi connectivity index (χ1) is 9.65. The van der Waals surface area contributed by atoms with Gasteiger partial charge in [0.15, 0.2) is 11.3 Å². The maximum absolute atomic E-state index is 11.0. The molecule has 0 saturated heterocycles. The summed E-state index contributed by atoms with van der Waals surface area (Å²) < 4.78 is 0.686. The fraction of sp³-hybridized carbons (Fsp3) is 0.0769. The summed E-state index contributed by atoms with van der Waals surface area (Å²) in [6.07, 6.45) is 0. The topological polar surface area (TPSA) is 81.0 Å². The molecule has 0 spiro atoms. The van der Waals surface area contributed by atoms with Crippen LogP contribution in [0.2, 0.25) is 0 Å². The number of fused-ring (bicyclic) bond motifs is 1. The van der Waals surface area contributed by atoms with Crippen molar-refractivity contribution in [2.24, 2.45) is 0 Å². The highest BCUT2D eigenvalue weighted by molar-refractivity contribution is 7.18. The Morgan fingerprint density at radius 1 is 1.25 bits per heavy atom. The van der Waals surface area contributed by atoms with Gasteiger partial charge in [-0.3, -0.25) is 10.1 Å². The molecule has 0 aliphatic rings. The van der Waals surface area contributed by atoms with Gasteiger partial charge in [0.1, 0.15) is 10.5 Å². The molecule has 20 heavy (non-hydrogen) atoms. The van der Waals surface area contributed by atoms with E-state index in [-0.39, 0.29) is 5.69 Å². The summed E-state index contributed by atoms with van der Waals surface area (Å²) in [5, 5.41) is 15.7. The highest BCUT2D eigenvalue weighted by Crippen LogP contribution is 2.35. The third-order valence-electron chi connectivity index (χ3n) is 2.74. The summed E-state index contributed by atoms with van der Waals surface area (Å²) in [7, 11) is 0. The highest BCUT2D eigenvalue weighted by atomic mass is 32.1. The van der Waals surface area contributed by atoms with Gasteiger partial charge < -0.3 is 5.32 Å². The van der Waals surface area contributed by atoms with Crippen molar-refractivity contribution < 1.29 is 4.92 Å². The van der Waals surface area contributed by atoms with Crippen LogP contribution in [-0.2, 0) is 0 Å². The van der Waals surface area contributed by atoms with Gasteiger partial charge in [0.05, 0.1) is 10.3 Å². The second-order valence-corrected chi connectivity index (χ2v) is 5.05. The molecule has 3 aromatic rings. The molecule has 0 radical (unpaired) electrons. The lowest BCUT2D eigenvalue weighted by Crippen LogP contribution is -1.98. The van der Waals surface area contributed by atoms with Crippen molar-refractivity contribution in [2.75, 3.05) is 5.32 Å². The Hall–Kier alpha value is -2.54. The Kier molecular flexibility index (Phi) is 3.03. The molecular formula is C13H10N4O2S. The van der Waals surface area contributed by atoms with Crippen molar-refractivity contribution in [3.63, 3.8) is 0 Å². The lowest BCUT2D eigenvalue weighted by Gasteiger charge is -2.06. The average Bonchev–Trinajstić information content (AvgIpc) is 2.83. The molecule has 2 aromatic heterocycles. The van der Waals surface area contributed by atoms with E-state index in [2.05, 4.69) is 15.3 Å². The monoisotopic (exact) mass is 286 g/mol. The van der Waals surface area contributed by atoms with Crippen LogP contribution in [0.3, 0.4) is 0 Å². The number of aromatic nitrogens is 2. The number of anilines is 2. The number of thiophene rings is 1. The second kappa shape index (κ2) is 4.86. The highest BCUT2D eigenvalue weighted by Gasteiger charge is 2.19. The van der Waals surface area contributed by atoms with Crippen molar-refractivity contribution in [1.82, 2.24) is 9.97 Å². The number of nitrogens with one attached hydrogen (secondary N) is 1. The summed E-state index contributed by atoms with van der Waals surface area (Å²) in [5.41, 5.74) is 1.28. The Labute approximate surface area is 118 Å². The molecule has 2 heterocycles. The van der Waals surface area contributed by atoms with Crippen molar-refractivity contribution in [2.45, 2.75) is 6.92 Å². The van der Waals surface area contributed by atoms with E-state index in [1.54, 1.807) is 6.92 Å². The number of para-hydroxylation sites is 1. The number of hydrogen-bond donors (Lipinski definition) is 1. The van der Waals surface area contributed by atoms with E-state index < -0.39 is 4.92 Å². The average molecular weight is 286 g/mol. The molecule has 0 atom stereocenters. The van der Waals surface area contributed by atoms with Crippen LogP contribution in [0.5, 0.6) is 0 Å². The zero-order chi connectivity index (χ0) is 14.1. The van der Waals surface area contributed by atoms with Crippen LogP contribution in [-0.4, -0.2) is 14.9 Å². The molecule has 100 valence electrons. The molecule has 0 bridgehead atoms. The van der Waals surface area contributed by atoms with Gasteiger partial charge in [-0.1, -0.05) is 18.2 Å². The number of nitro groups is 1.